The number of rotatable bonds is 5. The van der Waals surface area contributed by atoms with Gasteiger partial charge in [0, 0.05) is 5.56 Å². The summed E-state index contributed by atoms with van der Waals surface area (Å²) in [5.74, 6) is -0.00351. The monoisotopic (exact) mass is 413 g/mol. The van der Waals surface area contributed by atoms with Crippen molar-refractivity contribution in [2.24, 2.45) is 0 Å². The van der Waals surface area contributed by atoms with Gasteiger partial charge in [0.1, 0.15) is 18.5 Å². The second-order valence-electron chi connectivity index (χ2n) is 6.76. The summed E-state index contributed by atoms with van der Waals surface area (Å²) in [4.78, 5) is 0. The van der Waals surface area contributed by atoms with Crippen LogP contribution in [0.2, 0.25) is 0 Å². The smallest absolute Gasteiger partial charge is 0.418 e. The Hall–Kier alpha value is -2.26. The summed E-state index contributed by atoms with van der Waals surface area (Å²) in [7, 11) is -3.90. The first-order chi connectivity index (χ1) is 13.3. The van der Waals surface area contributed by atoms with Crippen LogP contribution >= 0.6 is 0 Å². The van der Waals surface area contributed by atoms with Crippen LogP contribution in [0, 0.1) is 0 Å². The van der Waals surface area contributed by atoms with Gasteiger partial charge in [-0.05, 0) is 24.1 Å². The average molecular weight is 413 g/mol. The summed E-state index contributed by atoms with van der Waals surface area (Å²) in [6.07, 6.45) is -4.79. The fourth-order valence-corrected chi connectivity index (χ4v) is 4.78. The predicted molar refractivity (Wildman–Crippen MR) is 96.8 cm³/mol. The molecule has 0 aliphatic carbocycles. The fourth-order valence-electron chi connectivity index (χ4n) is 3.26. The van der Waals surface area contributed by atoms with Crippen LogP contribution in [-0.2, 0) is 33.9 Å². The quantitative estimate of drug-likeness (QED) is 0.706. The number of hydrogen-bond acceptors (Lipinski definition) is 4. The molecule has 2 aromatic rings. The Balaban J connectivity index is 1.82. The highest BCUT2D eigenvalue weighted by atomic mass is 32.2. The number of alkyl halides is 3. The van der Waals surface area contributed by atoms with Crippen LogP contribution in [0.1, 0.15) is 16.7 Å². The van der Waals surface area contributed by atoms with E-state index in [1.165, 1.54) is 6.07 Å². The molecule has 4 rings (SSSR count). The molecule has 0 N–H and O–H groups in total. The van der Waals surface area contributed by atoms with Gasteiger partial charge in [0.25, 0.3) is 0 Å². The molecular weight excluding hydrogens is 395 g/mol. The zero-order chi connectivity index (χ0) is 19.9. The molecule has 2 aliphatic rings. The number of benzene rings is 2. The Morgan fingerprint density at radius 2 is 1.86 bits per heavy atom. The van der Waals surface area contributed by atoms with Crippen LogP contribution in [0.25, 0.3) is 0 Å². The zero-order valence-corrected chi connectivity index (χ0v) is 15.6. The molecule has 2 aliphatic heterocycles. The van der Waals surface area contributed by atoms with E-state index in [2.05, 4.69) is 0 Å². The van der Waals surface area contributed by atoms with Crippen LogP contribution in [0.3, 0.4) is 0 Å². The molecule has 0 saturated carbocycles. The third-order valence-electron chi connectivity index (χ3n) is 4.74. The maximum Gasteiger partial charge on any atom is 0.418 e. The van der Waals surface area contributed by atoms with E-state index in [0.29, 0.717) is 12.2 Å². The molecule has 150 valence electrons. The summed E-state index contributed by atoms with van der Waals surface area (Å²) in [5.41, 5.74) is -0.445. The van der Waals surface area contributed by atoms with Crippen molar-refractivity contribution in [1.82, 2.24) is 0 Å². The standard InChI is InChI=1S/C19H18F3NO4S/c20-19(21,22)16-6-7-17(27-12-14-11-26-14)15-8-9-28(24,25)23(18(15)16)10-13-4-2-1-3-5-13/h1-7,14H,8-12H2. The lowest BCUT2D eigenvalue weighted by Crippen LogP contribution is -2.39. The van der Waals surface area contributed by atoms with Crippen molar-refractivity contribution >= 4 is 15.7 Å². The number of ether oxygens (including phenoxy) is 2. The highest BCUT2D eigenvalue weighted by Crippen LogP contribution is 2.46. The van der Waals surface area contributed by atoms with Crippen molar-refractivity contribution in [3.05, 3.63) is 59.2 Å². The first-order valence-electron chi connectivity index (χ1n) is 8.77. The molecular formula is C19H18F3NO4S. The Bertz CT molecular complexity index is 973. The van der Waals surface area contributed by atoms with E-state index in [0.717, 1.165) is 10.4 Å². The van der Waals surface area contributed by atoms with Gasteiger partial charge in [-0.3, -0.25) is 4.31 Å². The summed E-state index contributed by atoms with van der Waals surface area (Å²) in [6, 6.07) is 10.7. The highest BCUT2D eigenvalue weighted by molar-refractivity contribution is 7.92. The number of hydrogen-bond donors (Lipinski definition) is 0. The van der Waals surface area contributed by atoms with Gasteiger partial charge in [-0.1, -0.05) is 30.3 Å². The topological polar surface area (TPSA) is 59.1 Å². The lowest BCUT2D eigenvalue weighted by atomic mass is 10.0. The predicted octanol–water partition coefficient (Wildman–Crippen LogP) is 3.38. The molecule has 0 spiro atoms. The number of epoxide rings is 1. The highest BCUT2D eigenvalue weighted by Gasteiger charge is 2.42. The van der Waals surface area contributed by atoms with Crippen LogP contribution in [-0.4, -0.2) is 33.5 Å². The normalized spacial score (nSPS) is 20.5. The minimum atomic E-state index is -4.69. The SMILES string of the molecule is O=S1(=O)CCc2c(OCC3CO3)ccc(C(F)(F)F)c2N1Cc1ccccc1. The van der Waals surface area contributed by atoms with Gasteiger partial charge in [-0.2, -0.15) is 13.2 Å². The Morgan fingerprint density at radius 3 is 2.50 bits per heavy atom. The van der Waals surface area contributed by atoms with Crippen molar-refractivity contribution in [2.45, 2.75) is 25.2 Å². The van der Waals surface area contributed by atoms with E-state index >= 15 is 0 Å². The van der Waals surface area contributed by atoms with Crippen LogP contribution < -0.4 is 9.04 Å². The molecule has 28 heavy (non-hydrogen) atoms. The number of nitrogens with zero attached hydrogens (tertiary/aromatic N) is 1. The molecule has 2 heterocycles. The number of sulfonamides is 1. The molecule has 0 radical (unpaired) electrons. The van der Waals surface area contributed by atoms with Crippen LogP contribution in [0.15, 0.2) is 42.5 Å². The summed E-state index contributed by atoms with van der Waals surface area (Å²) >= 11 is 0. The maximum atomic E-state index is 13.7. The first-order valence-corrected chi connectivity index (χ1v) is 10.4. The molecule has 1 atom stereocenters. The lowest BCUT2D eigenvalue weighted by Gasteiger charge is -2.34. The van der Waals surface area contributed by atoms with Gasteiger partial charge >= 0.3 is 6.18 Å². The van der Waals surface area contributed by atoms with Gasteiger partial charge in [0.05, 0.1) is 30.2 Å². The third kappa shape index (κ3) is 3.81. The average Bonchev–Trinajstić information content (AvgIpc) is 3.46. The van der Waals surface area contributed by atoms with Crippen molar-refractivity contribution in [3.63, 3.8) is 0 Å². The Morgan fingerprint density at radius 1 is 1.14 bits per heavy atom. The summed E-state index contributed by atoms with van der Waals surface area (Å²) < 4.78 is 78.2. The number of anilines is 1. The Labute approximate surface area is 160 Å². The molecule has 2 aromatic carbocycles. The van der Waals surface area contributed by atoms with Crippen molar-refractivity contribution < 1.29 is 31.1 Å². The van der Waals surface area contributed by atoms with Crippen LogP contribution in [0.5, 0.6) is 5.75 Å². The van der Waals surface area contributed by atoms with Gasteiger partial charge in [-0.15, -0.1) is 0 Å². The number of halogens is 3. The second-order valence-corrected chi connectivity index (χ2v) is 8.77. The zero-order valence-electron chi connectivity index (χ0n) is 14.8. The van der Waals surface area contributed by atoms with Crippen molar-refractivity contribution in [3.8, 4) is 5.75 Å². The molecule has 5 nitrogen and oxygen atoms in total. The summed E-state index contributed by atoms with van der Waals surface area (Å²) in [6.45, 7) is 0.606. The molecule has 1 unspecified atom stereocenters. The maximum absolute atomic E-state index is 13.7. The first kappa shape index (κ1) is 19.1. The van der Waals surface area contributed by atoms with Crippen molar-refractivity contribution in [1.29, 1.82) is 0 Å². The molecule has 1 fully saturated rings. The molecule has 0 bridgehead atoms. The Kier molecular flexibility index (Phi) is 4.75. The van der Waals surface area contributed by atoms with E-state index in [1.807, 2.05) is 0 Å². The number of fused-ring (bicyclic) bond motifs is 1. The van der Waals surface area contributed by atoms with Crippen molar-refractivity contribution in [2.75, 3.05) is 23.3 Å². The molecule has 1 saturated heterocycles. The van der Waals surface area contributed by atoms with Crippen LogP contribution in [0.4, 0.5) is 18.9 Å². The molecule has 9 heteroatoms. The van der Waals surface area contributed by atoms with E-state index in [1.54, 1.807) is 30.3 Å². The molecule has 0 amide bonds. The van der Waals surface area contributed by atoms with E-state index in [-0.39, 0.29) is 48.4 Å². The second kappa shape index (κ2) is 6.97. The van der Waals surface area contributed by atoms with E-state index < -0.39 is 21.8 Å². The van der Waals surface area contributed by atoms with Gasteiger partial charge in [-0.25, -0.2) is 8.42 Å². The fraction of sp³-hybridized carbons (Fsp3) is 0.368. The molecule has 0 aromatic heterocycles. The lowest BCUT2D eigenvalue weighted by molar-refractivity contribution is -0.137. The minimum absolute atomic E-state index is 0.0340. The van der Waals surface area contributed by atoms with Gasteiger partial charge in [0.15, 0.2) is 0 Å². The summed E-state index contributed by atoms with van der Waals surface area (Å²) in [5, 5.41) is 0. The van der Waals surface area contributed by atoms with Gasteiger partial charge < -0.3 is 9.47 Å². The third-order valence-corrected chi connectivity index (χ3v) is 6.44. The van der Waals surface area contributed by atoms with E-state index in [4.69, 9.17) is 9.47 Å². The minimum Gasteiger partial charge on any atom is -0.490 e. The van der Waals surface area contributed by atoms with Gasteiger partial charge in [0.2, 0.25) is 10.0 Å². The largest absolute Gasteiger partial charge is 0.490 e. The van der Waals surface area contributed by atoms with E-state index in [9.17, 15) is 21.6 Å².